The third kappa shape index (κ3) is 4.37. The molecule has 0 unspecified atom stereocenters. The summed E-state index contributed by atoms with van der Waals surface area (Å²) in [6.07, 6.45) is 3.14. The van der Waals surface area contributed by atoms with Crippen molar-refractivity contribution >= 4 is 17.5 Å². The van der Waals surface area contributed by atoms with E-state index in [9.17, 15) is 9.90 Å². The van der Waals surface area contributed by atoms with E-state index in [0.717, 1.165) is 38.0 Å². The van der Waals surface area contributed by atoms with Gasteiger partial charge in [-0.1, -0.05) is 30.7 Å². The third-order valence-corrected chi connectivity index (χ3v) is 4.87. The van der Waals surface area contributed by atoms with Crippen LogP contribution in [0.2, 0.25) is 5.02 Å². The molecule has 0 spiro atoms. The fourth-order valence-electron chi connectivity index (χ4n) is 3.29. The number of carbonyl (C=O) groups excluding carboxylic acids is 1. The summed E-state index contributed by atoms with van der Waals surface area (Å²) in [6, 6.07) is 12.2. The van der Waals surface area contributed by atoms with Crippen LogP contribution in [0.5, 0.6) is 5.75 Å². The van der Waals surface area contributed by atoms with E-state index in [4.69, 9.17) is 16.3 Å². The van der Waals surface area contributed by atoms with Crippen LogP contribution >= 0.6 is 11.6 Å². The molecule has 0 aromatic heterocycles. The molecule has 1 N–H and O–H groups in total. The molecular formula is C21H24ClNO3. The number of phenolic OH excluding ortho intramolecular Hbond substituents is 1. The Morgan fingerprint density at radius 3 is 2.69 bits per heavy atom. The minimum atomic E-state index is 0.0178. The van der Waals surface area contributed by atoms with Gasteiger partial charge in [0.2, 0.25) is 0 Å². The highest BCUT2D eigenvalue weighted by Crippen LogP contribution is 2.31. The Morgan fingerprint density at radius 2 is 2.04 bits per heavy atom. The van der Waals surface area contributed by atoms with Crippen molar-refractivity contribution in [2.75, 3.05) is 19.7 Å². The normalized spacial score (nSPS) is 16.6. The van der Waals surface area contributed by atoms with Crippen molar-refractivity contribution in [1.29, 1.82) is 0 Å². The van der Waals surface area contributed by atoms with Crippen LogP contribution in [-0.4, -0.2) is 41.7 Å². The molecule has 138 valence electrons. The zero-order chi connectivity index (χ0) is 18.5. The van der Waals surface area contributed by atoms with Crippen LogP contribution in [0.3, 0.4) is 0 Å². The molecule has 1 atom stereocenters. The van der Waals surface area contributed by atoms with E-state index in [1.54, 1.807) is 30.3 Å². The zero-order valence-corrected chi connectivity index (χ0v) is 15.7. The molecule has 1 heterocycles. The Balaban J connectivity index is 1.77. The maximum atomic E-state index is 12.9. The van der Waals surface area contributed by atoms with Gasteiger partial charge in [0.05, 0.1) is 6.10 Å². The maximum Gasteiger partial charge on any atom is 0.253 e. The Labute approximate surface area is 159 Å². The molecule has 1 aliphatic heterocycles. The number of carbonyl (C=O) groups is 1. The summed E-state index contributed by atoms with van der Waals surface area (Å²) >= 11 is 6.02. The second-order valence-electron chi connectivity index (χ2n) is 6.63. The van der Waals surface area contributed by atoms with E-state index >= 15 is 0 Å². The maximum absolute atomic E-state index is 12.9. The third-order valence-electron chi connectivity index (χ3n) is 4.63. The van der Waals surface area contributed by atoms with Gasteiger partial charge >= 0.3 is 0 Å². The van der Waals surface area contributed by atoms with Crippen LogP contribution in [0.4, 0.5) is 0 Å². The van der Waals surface area contributed by atoms with Gasteiger partial charge in [0.25, 0.3) is 5.91 Å². The van der Waals surface area contributed by atoms with Crippen LogP contribution in [-0.2, 0) is 4.74 Å². The van der Waals surface area contributed by atoms with E-state index in [1.807, 2.05) is 17.0 Å². The van der Waals surface area contributed by atoms with E-state index in [0.29, 0.717) is 22.7 Å². The zero-order valence-electron chi connectivity index (χ0n) is 15.0. The van der Waals surface area contributed by atoms with Gasteiger partial charge in [-0.2, -0.15) is 0 Å². The van der Waals surface area contributed by atoms with Gasteiger partial charge in [0.1, 0.15) is 5.75 Å². The summed E-state index contributed by atoms with van der Waals surface area (Å²) in [6.45, 7) is 4.22. The van der Waals surface area contributed by atoms with Crippen LogP contribution < -0.4 is 0 Å². The summed E-state index contributed by atoms with van der Waals surface area (Å²) in [5, 5.41) is 10.6. The monoisotopic (exact) mass is 373 g/mol. The molecule has 0 radical (unpaired) electrons. The molecule has 2 aromatic rings. The first-order valence-corrected chi connectivity index (χ1v) is 9.46. The van der Waals surface area contributed by atoms with Crippen LogP contribution in [0.25, 0.3) is 11.1 Å². The molecule has 1 amide bonds. The lowest BCUT2D eigenvalue weighted by atomic mass is 10.0. The first-order valence-electron chi connectivity index (χ1n) is 9.08. The topological polar surface area (TPSA) is 49.8 Å². The number of hydrogen-bond donors (Lipinski definition) is 1. The molecule has 0 aliphatic carbocycles. The average Bonchev–Trinajstić information content (AvgIpc) is 3.16. The molecule has 26 heavy (non-hydrogen) atoms. The number of nitrogens with zero attached hydrogens (tertiary/aromatic N) is 1. The lowest BCUT2D eigenvalue weighted by Crippen LogP contribution is -2.37. The summed E-state index contributed by atoms with van der Waals surface area (Å²) in [5.74, 6) is 0.184. The highest BCUT2D eigenvalue weighted by molar-refractivity contribution is 6.31. The predicted octanol–water partition coefficient (Wildman–Crippen LogP) is 4.74. The summed E-state index contributed by atoms with van der Waals surface area (Å²) in [5.41, 5.74) is 2.12. The Bertz CT molecular complexity index is 754. The number of ether oxygens (including phenoxy) is 1. The van der Waals surface area contributed by atoms with Gasteiger partial charge in [-0.3, -0.25) is 4.79 Å². The van der Waals surface area contributed by atoms with Crippen molar-refractivity contribution in [3.8, 4) is 16.9 Å². The first kappa shape index (κ1) is 18.7. The number of rotatable bonds is 6. The minimum Gasteiger partial charge on any atom is -0.507 e. The fourth-order valence-corrected chi connectivity index (χ4v) is 3.47. The molecule has 0 bridgehead atoms. The lowest BCUT2D eigenvalue weighted by Gasteiger charge is -2.25. The molecule has 1 fully saturated rings. The second-order valence-corrected chi connectivity index (χ2v) is 7.06. The molecule has 1 saturated heterocycles. The quantitative estimate of drug-likeness (QED) is 0.795. The number of amides is 1. The number of phenols is 1. The number of aromatic hydroxyl groups is 1. The molecule has 2 aromatic carbocycles. The van der Waals surface area contributed by atoms with Crippen molar-refractivity contribution in [3.63, 3.8) is 0 Å². The van der Waals surface area contributed by atoms with E-state index in [1.165, 1.54) is 0 Å². The van der Waals surface area contributed by atoms with Crippen LogP contribution in [0.1, 0.15) is 36.5 Å². The standard InChI is InChI=1S/C21H24ClNO3/c1-2-11-23(14-18-4-3-12-26-18)21(25)16-7-5-15(6-8-16)19-13-17(22)9-10-20(19)24/h5-10,13,18,24H,2-4,11-12,14H2,1H3/t18-/m1/s1. The largest absolute Gasteiger partial charge is 0.507 e. The molecule has 0 saturated carbocycles. The molecule has 1 aliphatic rings. The van der Waals surface area contributed by atoms with Gasteiger partial charge in [-0.15, -0.1) is 0 Å². The van der Waals surface area contributed by atoms with E-state index < -0.39 is 0 Å². The molecule has 4 nitrogen and oxygen atoms in total. The molecular weight excluding hydrogens is 350 g/mol. The smallest absolute Gasteiger partial charge is 0.253 e. The summed E-state index contributed by atoms with van der Waals surface area (Å²) < 4.78 is 5.68. The van der Waals surface area contributed by atoms with Crippen LogP contribution in [0, 0.1) is 0 Å². The Kier molecular flexibility index (Phi) is 6.17. The van der Waals surface area contributed by atoms with Crippen molar-refractivity contribution < 1.29 is 14.6 Å². The van der Waals surface area contributed by atoms with Gasteiger partial charge in [0.15, 0.2) is 0 Å². The summed E-state index contributed by atoms with van der Waals surface area (Å²) in [4.78, 5) is 14.8. The van der Waals surface area contributed by atoms with Crippen LogP contribution in [0.15, 0.2) is 42.5 Å². The van der Waals surface area contributed by atoms with Gasteiger partial charge in [-0.05, 0) is 55.2 Å². The minimum absolute atomic E-state index is 0.0178. The van der Waals surface area contributed by atoms with Crippen molar-refractivity contribution in [2.24, 2.45) is 0 Å². The average molecular weight is 374 g/mol. The summed E-state index contributed by atoms with van der Waals surface area (Å²) in [7, 11) is 0. The van der Waals surface area contributed by atoms with Gasteiger partial charge in [0, 0.05) is 35.8 Å². The number of benzene rings is 2. The Hall–Kier alpha value is -2.04. The lowest BCUT2D eigenvalue weighted by molar-refractivity contribution is 0.0526. The van der Waals surface area contributed by atoms with Crippen molar-refractivity contribution in [1.82, 2.24) is 4.90 Å². The van der Waals surface area contributed by atoms with E-state index in [2.05, 4.69) is 6.92 Å². The first-order chi connectivity index (χ1) is 12.6. The van der Waals surface area contributed by atoms with E-state index in [-0.39, 0.29) is 17.8 Å². The van der Waals surface area contributed by atoms with Gasteiger partial charge < -0.3 is 14.7 Å². The SMILES string of the molecule is CCCN(C[C@H]1CCCO1)C(=O)c1ccc(-c2cc(Cl)ccc2O)cc1. The highest BCUT2D eigenvalue weighted by atomic mass is 35.5. The fraction of sp³-hybridized carbons (Fsp3) is 0.381. The number of halogens is 1. The van der Waals surface area contributed by atoms with Gasteiger partial charge in [-0.25, -0.2) is 0 Å². The number of hydrogen-bond acceptors (Lipinski definition) is 3. The Morgan fingerprint density at radius 1 is 1.27 bits per heavy atom. The van der Waals surface area contributed by atoms with Crippen molar-refractivity contribution in [3.05, 3.63) is 53.1 Å². The molecule has 3 rings (SSSR count). The predicted molar refractivity (Wildman–Crippen MR) is 104 cm³/mol. The van der Waals surface area contributed by atoms with Crippen molar-refractivity contribution in [2.45, 2.75) is 32.3 Å². The highest BCUT2D eigenvalue weighted by Gasteiger charge is 2.23. The molecule has 5 heteroatoms. The second kappa shape index (κ2) is 8.56.